The number of imidazole rings is 1. The molecule has 0 radical (unpaired) electrons. The van der Waals surface area contributed by atoms with Crippen molar-refractivity contribution in [2.45, 2.75) is 45.8 Å². The summed E-state index contributed by atoms with van der Waals surface area (Å²) in [5, 5.41) is 27.6. The third-order valence-corrected chi connectivity index (χ3v) is 6.61. The number of hydrogen-bond donors (Lipinski definition) is 0. The number of hydrogen-bond acceptors (Lipinski definition) is 8. The zero-order valence-electron chi connectivity index (χ0n) is 20.2. The highest BCUT2D eigenvalue weighted by molar-refractivity contribution is 5.68. The van der Waals surface area contributed by atoms with Crippen molar-refractivity contribution in [3.05, 3.63) is 59.1 Å². The van der Waals surface area contributed by atoms with Gasteiger partial charge in [0.1, 0.15) is 35.0 Å². The van der Waals surface area contributed by atoms with E-state index in [1.807, 2.05) is 30.7 Å². The summed E-state index contributed by atoms with van der Waals surface area (Å²) < 4.78 is 23.4. The number of nitrogens with zero attached hydrogens (tertiary/aromatic N) is 9. The molecule has 1 saturated heterocycles. The molecule has 5 heterocycles. The lowest BCUT2D eigenvalue weighted by Gasteiger charge is -2.28. The van der Waals surface area contributed by atoms with Gasteiger partial charge >= 0.3 is 0 Å². The molecule has 0 aliphatic carbocycles. The average Bonchev–Trinajstić information content (AvgIpc) is 3.47. The van der Waals surface area contributed by atoms with Crippen molar-refractivity contribution in [1.29, 1.82) is 10.5 Å². The van der Waals surface area contributed by atoms with Crippen LogP contribution in [0, 0.1) is 42.5 Å². The van der Waals surface area contributed by atoms with E-state index in [4.69, 9.17) is 10.00 Å². The number of nitriles is 2. The second-order valence-corrected chi connectivity index (χ2v) is 8.93. The topological polar surface area (TPSA) is 121 Å². The van der Waals surface area contributed by atoms with E-state index in [-0.39, 0.29) is 6.04 Å². The number of fused-ring (bicyclic) bond motifs is 1. The molecule has 1 aliphatic rings. The Kier molecular flexibility index (Phi) is 5.98. The first kappa shape index (κ1) is 23.2. The van der Waals surface area contributed by atoms with E-state index in [1.54, 1.807) is 16.2 Å². The highest BCUT2D eigenvalue weighted by Gasteiger charge is 2.25. The van der Waals surface area contributed by atoms with Crippen molar-refractivity contribution in [3.63, 3.8) is 0 Å². The van der Waals surface area contributed by atoms with Crippen LogP contribution in [0.3, 0.4) is 0 Å². The van der Waals surface area contributed by atoms with Gasteiger partial charge in [0.2, 0.25) is 5.88 Å². The normalized spacial score (nSPS) is 15.0. The van der Waals surface area contributed by atoms with Crippen molar-refractivity contribution in [3.8, 4) is 29.4 Å². The van der Waals surface area contributed by atoms with Crippen molar-refractivity contribution >= 4 is 5.65 Å². The molecule has 4 aromatic heterocycles. The number of aryl methyl sites for hydroxylation is 1. The van der Waals surface area contributed by atoms with Gasteiger partial charge in [-0.1, -0.05) is 5.21 Å². The SMILES string of the molecule is Cc1cc(F)cnc1[C@@H](C)Oc1cc(-c2nnn(C3CCN(C#N)CC3)c2C)cc2ncc(C#N)n12. The number of piperidine rings is 1. The molecule has 0 unspecified atom stereocenters. The van der Waals surface area contributed by atoms with Crippen molar-refractivity contribution in [2.75, 3.05) is 13.1 Å². The lowest BCUT2D eigenvalue weighted by atomic mass is 10.0. The lowest BCUT2D eigenvalue weighted by molar-refractivity contribution is 0.209. The zero-order valence-corrected chi connectivity index (χ0v) is 20.2. The maximum absolute atomic E-state index is 13.6. The van der Waals surface area contributed by atoms with Gasteiger partial charge in [0, 0.05) is 24.7 Å². The molecule has 0 bridgehead atoms. The molecule has 5 rings (SSSR count). The van der Waals surface area contributed by atoms with E-state index in [0.717, 1.165) is 30.3 Å². The summed E-state index contributed by atoms with van der Waals surface area (Å²) in [4.78, 5) is 10.4. The number of likely N-dealkylation sites (tertiary alicyclic amines) is 1. The maximum atomic E-state index is 13.6. The second kappa shape index (κ2) is 9.27. The molecule has 1 fully saturated rings. The van der Waals surface area contributed by atoms with Crippen LogP contribution in [0.15, 0.2) is 30.6 Å². The number of ether oxygens (including phenoxy) is 1. The fraction of sp³-hybridized carbons (Fsp3) is 0.360. The molecule has 0 spiro atoms. The first-order valence-corrected chi connectivity index (χ1v) is 11.7. The predicted octanol–water partition coefficient (Wildman–Crippen LogP) is 3.87. The van der Waals surface area contributed by atoms with E-state index in [9.17, 15) is 9.65 Å². The third-order valence-electron chi connectivity index (χ3n) is 6.61. The van der Waals surface area contributed by atoms with E-state index < -0.39 is 11.9 Å². The molecule has 11 heteroatoms. The number of halogens is 1. The summed E-state index contributed by atoms with van der Waals surface area (Å²) >= 11 is 0. The molecule has 182 valence electrons. The fourth-order valence-electron chi connectivity index (χ4n) is 4.76. The molecule has 1 aliphatic heterocycles. The van der Waals surface area contributed by atoms with Gasteiger partial charge in [-0.3, -0.25) is 9.38 Å². The van der Waals surface area contributed by atoms with Gasteiger partial charge in [0.05, 0.1) is 29.8 Å². The highest BCUT2D eigenvalue weighted by Crippen LogP contribution is 2.33. The van der Waals surface area contributed by atoms with Gasteiger partial charge in [-0.2, -0.15) is 10.5 Å². The summed E-state index contributed by atoms with van der Waals surface area (Å²) in [6, 6.07) is 7.38. The Morgan fingerprint density at radius 2 is 1.89 bits per heavy atom. The molecule has 4 aromatic rings. The minimum Gasteiger partial charge on any atom is -0.469 e. The smallest absolute Gasteiger partial charge is 0.201 e. The van der Waals surface area contributed by atoms with Gasteiger partial charge < -0.3 is 9.64 Å². The van der Waals surface area contributed by atoms with Crippen LogP contribution in [0.4, 0.5) is 4.39 Å². The monoisotopic (exact) mass is 485 g/mol. The van der Waals surface area contributed by atoms with Gasteiger partial charge in [0.25, 0.3) is 0 Å². The van der Waals surface area contributed by atoms with Crippen molar-refractivity contribution in [2.24, 2.45) is 0 Å². The van der Waals surface area contributed by atoms with Crippen LogP contribution in [0.2, 0.25) is 0 Å². The molecule has 10 nitrogen and oxygen atoms in total. The number of rotatable bonds is 5. The number of aromatic nitrogens is 6. The van der Waals surface area contributed by atoms with Crippen molar-refractivity contribution in [1.82, 2.24) is 34.3 Å². The molecule has 0 N–H and O–H groups in total. The third kappa shape index (κ3) is 4.09. The van der Waals surface area contributed by atoms with E-state index in [2.05, 4.69) is 32.5 Å². The molecular formula is C25H24FN9O. The summed E-state index contributed by atoms with van der Waals surface area (Å²) in [5.74, 6) is -0.0167. The highest BCUT2D eigenvalue weighted by atomic mass is 19.1. The Morgan fingerprint density at radius 3 is 2.58 bits per heavy atom. The van der Waals surface area contributed by atoms with Gasteiger partial charge in [-0.05, 0) is 51.3 Å². The van der Waals surface area contributed by atoms with Crippen LogP contribution in [0.1, 0.15) is 54.6 Å². The van der Waals surface area contributed by atoms with Crippen LogP contribution in [0.5, 0.6) is 5.88 Å². The van der Waals surface area contributed by atoms with Crippen LogP contribution < -0.4 is 4.74 Å². The van der Waals surface area contributed by atoms with E-state index in [1.165, 1.54) is 12.3 Å². The summed E-state index contributed by atoms with van der Waals surface area (Å²) in [6.45, 7) is 6.96. The first-order chi connectivity index (χ1) is 17.4. The molecule has 0 amide bonds. The maximum Gasteiger partial charge on any atom is 0.201 e. The van der Waals surface area contributed by atoms with Crippen LogP contribution in [-0.2, 0) is 0 Å². The largest absolute Gasteiger partial charge is 0.469 e. The van der Waals surface area contributed by atoms with E-state index in [0.29, 0.717) is 47.3 Å². The second-order valence-electron chi connectivity index (χ2n) is 8.93. The summed E-state index contributed by atoms with van der Waals surface area (Å²) in [7, 11) is 0. The van der Waals surface area contributed by atoms with Gasteiger partial charge in [-0.25, -0.2) is 14.1 Å². The van der Waals surface area contributed by atoms with Gasteiger partial charge in [-0.15, -0.1) is 5.10 Å². The molecule has 1 atom stereocenters. The summed E-state index contributed by atoms with van der Waals surface area (Å²) in [5.41, 5.74) is 4.47. The Hall–Kier alpha value is -4.51. The fourth-order valence-corrected chi connectivity index (χ4v) is 4.76. The molecular weight excluding hydrogens is 461 g/mol. The predicted molar refractivity (Wildman–Crippen MR) is 127 cm³/mol. The van der Waals surface area contributed by atoms with Crippen LogP contribution >= 0.6 is 0 Å². The van der Waals surface area contributed by atoms with Crippen LogP contribution in [-0.4, -0.2) is 47.4 Å². The molecule has 0 saturated carbocycles. The minimum absolute atomic E-state index is 0.166. The summed E-state index contributed by atoms with van der Waals surface area (Å²) in [6.07, 6.45) is 5.98. The number of pyridine rings is 2. The van der Waals surface area contributed by atoms with E-state index >= 15 is 0 Å². The van der Waals surface area contributed by atoms with Crippen LogP contribution in [0.25, 0.3) is 16.9 Å². The average molecular weight is 486 g/mol. The molecule has 0 aromatic carbocycles. The molecule has 36 heavy (non-hydrogen) atoms. The Balaban J connectivity index is 1.53. The van der Waals surface area contributed by atoms with Gasteiger partial charge in [0.15, 0.2) is 6.19 Å². The Bertz CT molecular complexity index is 1520. The van der Waals surface area contributed by atoms with Crippen molar-refractivity contribution < 1.29 is 9.13 Å². The minimum atomic E-state index is -0.514. The first-order valence-electron chi connectivity index (χ1n) is 11.7. The Morgan fingerprint density at radius 1 is 1.11 bits per heavy atom. The lowest BCUT2D eigenvalue weighted by Crippen LogP contribution is -2.31. The Labute approximate surface area is 207 Å². The quantitative estimate of drug-likeness (QED) is 0.391. The standard InChI is InChI=1S/C25H24FN9O/c1-15-8-19(26)12-30-24(15)17(3)36-23-10-18(9-22-29-13-21(11-27)34(22)23)25-16(2)35(32-31-25)20-4-6-33(14-28)7-5-20/h8-10,12-13,17,20H,4-7H2,1-3H3/t17-/m1/s1. The zero-order chi connectivity index (χ0) is 25.4.